The van der Waals surface area contributed by atoms with Crippen LogP contribution in [0.2, 0.25) is 0 Å². The van der Waals surface area contributed by atoms with Crippen LogP contribution in [0.1, 0.15) is 0 Å². The minimum atomic E-state index is -4.61. The molecule has 7 heteroatoms. The van der Waals surface area contributed by atoms with Crippen LogP contribution in [0.25, 0.3) is 0 Å². The summed E-state index contributed by atoms with van der Waals surface area (Å²) in [7, 11) is -4.61. The topological polar surface area (TPSA) is 80.9 Å². The van der Waals surface area contributed by atoms with Gasteiger partial charge in [0.1, 0.15) is 0 Å². The molecule has 0 spiro atoms. The molecule has 0 heterocycles. The Labute approximate surface area is 92.6 Å². The van der Waals surface area contributed by atoms with E-state index >= 15 is 0 Å². The molecule has 0 aromatic rings. The molecule has 0 aromatic heterocycles. The summed E-state index contributed by atoms with van der Waals surface area (Å²) >= 11 is 0. The molecule has 0 aromatic carbocycles. The molecule has 0 radical (unpaired) electrons. The molecule has 0 aliphatic rings. The summed E-state index contributed by atoms with van der Waals surface area (Å²) in [6.45, 7) is 0. The van der Waals surface area contributed by atoms with Gasteiger partial charge in [-0.05, 0) is 0 Å². The van der Waals surface area contributed by atoms with E-state index in [4.69, 9.17) is 19.2 Å². The molecular weight excluding hydrogens is 285 g/mol. The summed E-state index contributed by atoms with van der Waals surface area (Å²) in [4.78, 5) is 29.3. The molecule has 0 aliphatic heterocycles. The van der Waals surface area contributed by atoms with Gasteiger partial charge in [0.25, 0.3) is 0 Å². The van der Waals surface area contributed by atoms with Gasteiger partial charge in [-0.15, -0.1) is 0 Å². The van der Waals surface area contributed by atoms with Gasteiger partial charge in [-0.1, -0.05) is 0 Å². The third-order valence-electron chi connectivity index (χ3n) is 0. The Morgan fingerprint density at radius 3 is 0.857 bits per heavy atom. The summed E-state index contributed by atoms with van der Waals surface area (Å²) in [5.74, 6) is 0. The number of rotatable bonds is 0. The molecule has 0 atom stereocenters. The molecule has 0 saturated carbocycles. The first-order valence-electron chi connectivity index (χ1n) is 0.894. The van der Waals surface area contributed by atoms with Crippen LogP contribution in [-0.4, -0.2) is 77.1 Å². The van der Waals surface area contributed by atoms with Crippen LogP contribution in [0.15, 0.2) is 0 Å². The normalized spacial score (nSPS) is 8.57. The van der Waals surface area contributed by atoms with Gasteiger partial charge < -0.3 is 19.2 Å². The summed E-state index contributed by atoms with van der Waals surface area (Å²) in [6, 6.07) is 0. The van der Waals surface area contributed by atoms with E-state index in [1.165, 1.54) is 0 Å². The average molecular weight is 291 g/mol. The molecule has 4 N–H and O–H groups in total. The second-order valence-electron chi connectivity index (χ2n) is 0.600. The van der Waals surface area contributed by atoms with Crippen molar-refractivity contribution < 1.29 is 36.3 Å². The Hall–Kier alpha value is 2.15. The standard InChI is InChI=1S/Ba.Fe.H4O4Si.2H/c;;1-5(2,3)4;;/h;;1-4H;;. The average Bonchev–Trinajstić information content (AvgIpc) is 0.722. The largest absolute Gasteiger partial charge is 0 e. The van der Waals surface area contributed by atoms with E-state index in [0.717, 1.165) is 0 Å². The van der Waals surface area contributed by atoms with E-state index in [0.29, 0.717) is 0 Å². The monoisotopic (exact) mass is 292 g/mol. The maximum Gasteiger partial charge on any atom is 0 e. The van der Waals surface area contributed by atoms with Crippen molar-refractivity contribution in [3.8, 4) is 0 Å². The Bertz CT molecular complexity index is 27.2. The summed E-state index contributed by atoms with van der Waals surface area (Å²) in [6.07, 6.45) is 0. The van der Waals surface area contributed by atoms with E-state index in [2.05, 4.69) is 0 Å². The van der Waals surface area contributed by atoms with Crippen molar-refractivity contribution in [2.24, 2.45) is 0 Å². The van der Waals surface area contributed by atoms with Crippen molar-refractivity contribution in [2.75, 3.05) is 0 Å². The first-order valence-corrected chi connectivity index (χ1v) is 2.68. The van der Waals surface area contributed by atoms with Gasteiger partial charge in [0.15, 0.2) is 0 Å². The molecule has 0 unspecified atom stereocenters. The van der Waals surface area contributed by atoms with Crippen LogP contribution in [-0.2, 0) is 17.1 Å². The van der Waals surface area contributed by atoms with Crippen LogP contribution >= 0.6 is 0 Å². The van der Waals surface area contributed by atoms with E-state index in [1.807, 2.05) is 0 Å². The fraction of sp³-hybridized carbons (Fsp3) is 0. The molecule has 0 bridgehead atoms. The van der Waals surface area contributed by atoms with Crippen molar-refractivity contribution in [2.45, 2.75) is 0 Å². The van der Waals surface area contributed by atoms with Crippen molar-refractivity contribution in [3.63, 3.8) is 0 Å². The number of hydrogen-bond acceptors (Lipinski definition) is 4. The maximum absolute atomic E-state index is 7.33. The first kappa shape index (κ1) is 16.1. The second-order valence-corrected chi connectivity index (χ2v) is 1.80. The van der Waals surface area contributed by atoms with E-state index < -0.39 is 9.05 Å². The van der Waals surface area contributed by atoms with Crippen LogP contribution in [0, 0.1) is 0 Å². The Morgan fingerprint density at radius 1 is 0.857 bits per heavy atom. The molecule has 44 valence electrons. The summed E-state index contributed by atoms with van der Waals surface area (Å²) in [5.41, 5.74) is 0. The molecule has 4 nitrogen and oxygen atoms in total. The quantitative estimate of drug-likeness (QED) is 0.349. The molecular formula is H6BaFeO4Si. The van der Waals surface area contributed by atoms with Gasteiger partial charge in [-0.25, -0.2) is 0 Å². The maximum atomic E-state index is 7.33. The Balaban J connectivity index is -0.0000000800. The zero-order chi connectivity index (χ0) is 4.50. The predicted octanol–water partition coefficient (Wildman–Crippen LogP) is -3.53. The van der Waals surface area contributed by atoms with E-state index in [-0.39, 0.29) is 65.9 Å². The van der Waals surface area contributed by atoms with Crippen molar-refractivity contribution in [3.05, 3.63) is 0 Å². The Morgan fingerprint density at radius 2 is 0.857 bits per heavy atom. The third-order valence-corrected chi connectivity index (χ3v) is 0. The van der Waals surface area contributed by atoms with Gasteiger partial charge in [-0.3, -0.25) is 0 Å². The minimum absolute atomic E-state index is 0. The van der Waals surface area contributed by atoms with Crippen molar-refractivity contribution >= 4 is 57.9 Å². The smallest absolute Gasteiger partial charge is 0 e. The fourth-order valence-electron chi connectivity index (χ4n) is 0. The van der Waals surface area contributed by atoms with Crippen LogP contribution < -0.4 is 0 Å². The van der Waals surface area contributed by atoms with Crippen molar-refractivity contribution in [1.82, 2.24) is 0 Å². The fourth-order valence-corrected chi connectivity index (χ4v) is 0. The molecule has 0 amide bonds. The third kappa shape index (κ3) is 66.8. The molecule has 0 rings (SSSR count). The first-order chi connectivity index (χ1) is 2.00. The zero-order valence-electron chi connectivity index (χ0n) is 2.64. The molecule has 7 heavy (non-hydrogen) atoms. The summed E-state index contributed by atoms with van der Waals surface area (Å²) in [5, 5.41) is 0. The molecule has 0 fully saturated rings. The zero-order valence-corrected chi connectivity index (χ0v) is 4.75. The summed E-state index contributed by atoms with van der Waals surface area (Å²) < 4.78 is 0. The van der Waals surface area contributed by atoms with Gasteiger partial charge in [0, 0.05) is 17.1 Å². The van der Waals surface area contributed by atoms with Gasteiger partial charge in [0.2, 0.25) is 0 Å². The number of hydrogen-bond donors (Lipinski definition) is 4. The van der Waals surface area contributed by atoms with Crippen LogP contribution in [0.5, 0.6) is 0 Å². The Kier molecular flexibility index (Phi) is 14.4. The van der Waals surface area contributed by atoms with Gasteiger partial charge in [-0.2, -0.15) is 0 Å². The van der Waals surface area contributed by atoms with Gasteiger partial charge in [0.05, 0.1) is 0 Å². The molecule has 0 saturated heterocycles. The minimum Gasteiger partial charge on any atom is 0 e. The second kappa shape index (κ2) is 6.27. The molecule has 0 aliphatic carbocycles. The van der Waals surface area contributed by atoms with Gasteiger partial charge >= 0.3 is 57.9 Å². The van der Waals surface area contributed by atoms with Crippen LogP contribution in [0.4, 0.5) is 0 Å². The van der Waals surface area contributed by atoms with Crippen molar-refractivity contribution in [1.29, 1.82) is 0 Å². The van der Waals surface area contributed by atoms with Crippen LogP contribution in [0.3, 0.4) is 0 Å². The van der Waals surface area contributed by atoms with E-state index in [9.17, 15) is 0 Å². The predicted molar refractivity (Wildman–Crippen MR) is 23.2 cm³/mol. The SMILES string of the molecule is O[Si](O)(O)O.[BaH2].[Fe]. The van der Waals surface area contributed by atoms with E-state index in [1.54, 1.807) is 0 Å².